The maximum atomic E-state index is 13.7. The standard InChI is InChI=1S/C18H21FN2O4S/c1-10(2)9-25-17(23)16-11(3)21-18(26-16)20-8-14(22)12-5-6-15(24-4)13(19)7-12/h5-7,10H,8-9H2,1-4H3,(H,20,21). The number of benzene rings is 1. The maximum absolute atomic E-state index is 13.7. The van der Waals surface area contributed by atoms with Gasteiger partial charge in [0.2, 0.25) is 0 Å². The van der Waals surface area contributed by atoms with Crippen LogP contribution >= 0.6 is 11.3 Å². The van der Waals surface area contributed by atoms with E-state index in [1.165, 1.54) is 19.2 Å². The summed E-state index contributed by atoms with van der Waals surface area (Å²) in [4.78, 5) is 28.9. The Morgan fingerprint density at radius 2 is 2.08 bits per heavy atom. The Bertz CT molecular complexity index is 804. The van der Waals surface area contributed by atoms with Crippen molar-refractivity contribution >= 4 is 28.2 Å². The first-order valence-corrected chi connectivity index (χ1v) is 8.88. The van der Waals surface area contributed by atoms with E-state index in [1.807, 2.05) is 13.8 Å². The van der Waals surface area contributed by atoms with Crippen molar-refractivity contribution in [3.63, 3.8) is 0 Å². The Morgan fingerprint density at radius 3 is 2.69 bits per heavy atom. The van der Waals surface area contributed by atoms with Crippen LogP contribution in [0.3, 0.4) is 0 Å². The SMILES string of the molecule is COc1ccc(C(=O)CNc2nc(C)c(C(=O)OCC(C)C)s2)cc1F. The molecule has 26 heavy (non-hydrogen) atoms. The Balaban J connectivity index is 1.99. The third-order valence-corrected chi connectivity index (χ3v) is 4.50. The molecule has 6 nitrogen and oxygen atoms in total. The molecule has 0 aliphatic carbocycles. The molecule has 0 aliphatic heterocycles. The number of aromatic nitrogens is 1. The molecule has 1 aromatic carbocycles. The van der Waals surface area contributed by atoms with Crippen LogP contribution in [0.1, 0.15) is 39.6 Å². The molecule has 0 saturated carbocycles. The lowest BCUT2D eigenvalue weighted by Crippen LogP contribution is -2.14. The summed E-state index contributed by atoms with van der Waals surface area (Å²) in [6.07, 6.45) is 0. The summed E-state index contributed by atoms with van der Waals surface area (Å²) in [6, 6.07) is 4.03. The van der Waals surface area contributed by atoms with Crippen molar-refractivity contribution in [2.45, 2.75) is 20.8 Å². The largest absolute Gasteiger partial charge is 0.494 e. The second kappa shape index (κ2) is 8.75. The van der Waals surface area contributed by atoms with Gasteiger partial charge in [0.25, 0.3) is 0 Å². The average Bonchev–Trinajstić information content (AvgIpc) is 2.98. The molecule has 8 heteroatoms. The van der Waals surface area contributed by atoms with Crippen molar-refractivity contribution in [2.75, 3.05) is 25.6 Å². The first-order valence-electron chi connectivity index (χ1n) is 8.07. The van der Waals surface area contributed by atoms with Gasteiger partial charge in [-0.15, -0.1) is 0 Å². The molecule has 0 radical (unpaired) electrons. The van der Waals surface area contributed by atoms with Gasteiger partial charge in [-0.3, -0.25) is 4.79 Å². The minimum absolute atomic E-state index is 0.0702. The molecule has 2 aromatic rings. The number of ketones is 1. The summed E-state index contributed by atoms with van der Waals surface area (Å²) >= 11 is 1.12. The maximum Gasteiger partial charge on any atom is 0.350 e. The fraction of sp³-hybridized carbons (Fsp3) is 0.389. The van der Waals surface area contributed by atoms with Crippen molar-refractivity contribution in [1.82, 2.24) is 4.98 Å². The summed E-state index contributed by atoms with van der Waals surface area (Å²) in [7, 11) is 1.36. The zero-order valence-corrected chi connectivity index (χ0v) is 15.9. The van der Waals surface area contributed by atoms with Gasteiger partial charge in [-0.05, 0) is 31.0 Å². The van der Waals surface area contributed by atoms with E-state index in [0.29, 0.717) is 22.3 Å². The molecule has 0 fully saturated rings. The number of methoxy groups -OCH3 is 1. The molecule has 1 heterocycles. The normalized spacial score (nSPS) is 10.7. The van der Waals surface area contributed by atoms with Crippen LogP contribution < -0.4 is 10.1 Å². The number of nitrogens with zero attached hydrogens (tertiary/aromatic N) is 1. The molecule has 2 rings (SSSR count). The van der Waals surface area contributed by atoms with E-state index in [-0.39, 0.29) is 29.6 Å². The van der Waals surface area contributed by atoms with E-state index in [9.17, 15) is 14.0 Å². The monoisotopic (exact) mass is 380 g/mol. The lowest BCUT2D eigenvalue weighted by Gasteiger charge is -2.06. The van der Waals surface area contributed by atoms with Crippen molar-refractivity contribution < 1.29 is 23.5 Å². The molecule has 0 unspecified atom stereocenters. The molecular formula is C18H21FN2O4S. The minimum atomic E-state index is -0.598. The van der Waals surface area contributed by atoms with Gasteiger partial charge in [0.1, 0.15) is 4.88 Å². The highest BCUT2D eigenvalue weighted by Crippen LogP contribution is 2.24. The number of anilines is 1. The van der Waals surface area contributed by atoms with Gasteiger partial charge in [0.15, 0.2) is 22.5 Å². The fourth-order valence-corrected chi connectivity index (χ4v) is 2.92. The first-order chi connectivity index (χ1) is 12.3. The van der Waals surface area contributed by atoms with Gasteiger partial charge < -0.3 is 14.8 Å². The van der Waals surface area contributed by atoms with Crippen LogP contribution in [0, 0.1) is 18.7 Å². The number of esters is 1. The van der Waals surface area contributed by atoms with Crippen LogP contribution in [0.15, 0.2) is 18.2 Å². The van der Waals surface area contributed by atoms with E-state index in [4.69, 9.17) is 9.47 Å². The average molecular weight is 380 g/mol. The Hall–Kier alpha value is -2.48. The van der Waals surface area contributed by atoms with Crippen LogP contribution in [0.5, 0.6) is 5.75 Å². The smallest absolute Gasteiger partial charge is 0.350 e. The summed E-state index contributed by atoms with van der Waals surface area (Å²) in [5.41, 5.74) is 0.759. The van der Waals surface area contributed by atoms with Crippen LogP contribution in [-0.4, -0.2) is 37.0 Å². The first kappa shape index (κ1) is 19.8. The Morgan fingerprint density at radius 1 is 1.35 bits per heavy atom. The molecule has 140 valence electrons. The number of rotatable bonds is 8. The lowest BCUT2D eigenvalue weighted by atomic mass is 10.1. The minimum Gasteiger partial charge on any atom is -0.494 e. The number of aryl methyl sites for hydroxylation is 1. The van der Waals surface area contributed by atoms with Gasteiger partial charge in [-0.25, -0.2) is 14.2 Å². The number of carbonyl (C=O) groups excluding carboxylic acids is 2. The lowest BCUT2D eigenvalue weighted by molar-refractivity contribution is 0.0463. The van der Waals surface area contributed by atoms with Crippen molar-refractivity contribution in [2.24, 2.45) is 5.92 Å². The molecule has 1 N–H and O–H groups in total. The number of hydrogen-bond acceptors (Lipinski definition) is 7. The second-order valence-electron chi connectivity index (χ2n) is 6.05. The number of Topliss-reactive ketones (excluding diaryl/α,β-unsaturated/α-hetero) is 1. The third kappa shape index (κ3) is 5.01. The number of thiazole rings is 1. The second-order valence-corrected chi connectivity index (χ2v) is 7.05. The number of halogens is 1. The molecule has 0 atom stereocenters. The third-order valence-electron chi connectivity index (χ3n) is 3.40. The highest BCUT2D eigenvalue weighted by molar-refractivity contribution is 7.17. The van der Waals surface area contributed by atoms with E-state index >= 15 is 0 Å². The Kier molecular flexibility index (Phi) is 6.68. The number of carbonyl (C=O) groups is 2. The van der Waals surface area contributed by atoms with Crippen molar-refractivity contribution in [3.8, 4) is 5.75 Å². The molecule has 0 bridgehead atoms. The van der Waals surface area contributed by atoms with Gasteiger partial charge in [0, 0.05) is 5.56 Å². The topological polar surface area (TPSA) is 77.5 Å². The number of hydrogen-bond donors (Lipinski definition) is 1. The summed E-state index contributed by atoms with van der Waals surface area (Å²) in [5.74, 6) is -1.01. The molecule has 1 aromatic heterocycles. The summed E-state index contributed by atoms with van der Waals surface area (Å²) < 4.78 is 23.7. The predicted molar refractivity (Wildman–Crippen MR) is 97.7 cm³/mol. The zero-order chi connectivity index (χ0) is 19.3. The van der Waals surface area contributed by atoms with Crippen molar-refractivity contribution in [3.05, 3.63) is 40.2 Å². The van der Waals surface area contributed by atoms with E-state index in [0.717, 1.165) is 17.4 Å². The molecule has 0 aliphatic rings. The van der Waals surface area contributed by atoms with Crippen molar-refractivity contribution in [1.29, 1.82) is 0 Å². The molecule has 0 amide bonds. The summed E-state index contributed by atoms with van der Waals surface area (Å²) in [6.45, 7) is 5.87. The van der Waals surface area contributed by atoms with E-state index < -0.39 is 11.8 Å². The Labute approximate surface area is 155 Å². The van der Waals surface area contributed by atoms with Gasteiger partial charge in [-0.2, -0.15) is 0 Å². The quantitative estimate of drug-likeness (QED) is 0.556. The highest BCUT2D eigenvalue weighted by Gasteiger charge is 2.18. The molecule has 0 saturated heterocycles. The van der Waals surface area contributed by atoms with Gasteiger partial charge in [-0.1, -0.05) is 25.2 Å². The number of ether oxygens (including phenoxy) is 2. The molecule has 0 spiro atoms. The number of nitrogens with one attached hydrogen (secondary N) is 1. The van der Waals surface area contributed by atoms with Crippen LogP contribution in [0.2, 0.25) is 0 Å². The molecular weight excluding hydrogens is 359 g/mol. The fourth-order valence-electron chi connectivity index (χ4n) is 2.07. The van der Waals surface area contributed by atoms with E-state index in [1.54, 1.807) is 6.92 Å². The van der Waals surface area contributed by atoms with E-state index in [2.05, 4.69) is 10.3 Å². The van der Waals surface area contributed by atoms with Crippen LogP contribution in [0.4, 0.5) is 9.52 Å². The zero-order valence-electron chi connectivity index (χ0n) is 15.1. The predicted octanol–water partition coefficient (Wildman–Crippen LogP) is 3.71. The van der Waals surface area contributed by atoms with Gasteiger partial charge >= 0.3 is 5.97 Å². The van der Waals surface area contributed by atoms with Gasteiger partial charge in [0.05, 0.1) is 26.0 Å². The summed E-state index contributed by atoms with van der Waals surface area (Å²) in [5, 5.41) is 3.30. The van der Waals surface area contributed by atoms with Crippen LogP contribution in [-0.2, 0) is 4.74 Å². The van der Waals surface area contributed by atoms with Crippen LogP contribution in [0.25, 0.3) is 0 Å². The highest BCUT2D eigenvalue weighted by atomic mass is 32.1.